The maximum Gasteiger partial charge on any atom is 0.224 e. The lowest BCUT2D eigenvalue weighted by Gasteiger charge is -2.33. The summed E-state index contributed by atoms with van der Waals surface area (Å²) in [5, 5.41) is 6.55. The molecule has 2 aliphatic heterocycles. The number of likely N-dealkylation sites (tertiary alicyclic amines) is 1. The number of rotatable bonds is 4. The Bertz CT molecular complexity index is 265. The molecule has 6 heteroatoms. The Kier molecular flexibility index (Phi) is 10.6. The second kappa shape index (κ2) is 10.7. The molecule has 0 spiro atoms. The van der Waals surface area contributed by atoms with Crippen molar-refractivity contribution in [1.82, 2.24) is 15.5 Å². The van der Waals surface area contributed by atoms with Crippen LogP contribution in [0.3, 0.4) is 0 Å². The number of halogens is 2. The number of hydrogen-bond acceptors (Lipinski definition) is 3. The van der Waals surface area contributed by atoms with Crippen molar-refractivity contribution in [2.24, 2.45) is 5.92 Å². The van der Waals surface area contributed by atoms with Gasteiger partial charge in [0, 0.05) is 25.7 Å². The van der Waals surface area contributed by atoms with E-state index in [9.17, 15) is 4.79 Å². The van der Waals surface area contributed by atoms with Crippen molar-refractivity contribution in [3.05, 3.63) is 0 Å². The highest BCUT2D eigenvalue weighted by atomic mass is 35.5. The molecule has 0 bridgehead atoms. The summed E-state index contributed by atoms with van der Waals surface area (Å²) in [5.74, 6) is 0.476. The van der Waals surface area contributed by atoms with E-state index in [0.717, 1.165) is 51.9 Å². The van der Waals surface area contributed by atoms with Crippen LogP contribution in [0.1, 0.15) is 39.0 Å². The summed E-state index contributed by atoms with van der Waals surface area (Å²) in [6, 6.07) is 0.410. The van der Waals surface area contributed by atoms with Gasteiger partial charge in [-0.1, -0.05) is 6.92 Å². The minimum Gasteiger partial charge on any atom is -0.353 e. The molecule has 0 radical (unpaired) electrons. The third kappa shape index (κ3) is 6.17. The van der Waals surface area contributed by atoms with E-state index in [1.54, 1.807) is 0 Å². The second-order valence-corrected chi connectivity index (χ2v) is 5.67. The second-order valence-electron chi connectivity index (χ2n) is 5.67. The van der Waals surface area contributed by atoms with Gasteiger partial charge in [0.25, 0.3) is 0 Å². The molecule has 2 heterocycles. The molecular formula is C14H29Cl2N3O. The molecule has 2 aliphatic rings. The highest BCUT2D eigenvalue weighted by molar-refractivity contribution is 5.85. The van der Waals surface area contributed by atoms with E-state index in [-0.39, 0.29) is 36.6 Å². The van der Waals surface area contributed by atoms with Gasteiger partial charge in [-0.2, -0.15) is 0 Å². The number of amides is 1. The smallest absolute Gasteiger partial charge is 0.224 e. The Labute approximate surface area is 135 Å². The van der Waals surface area contributed by atoms with Crippen molar-refractivity contribution in [3.8, 4) is 0 Å². The van der Waals surface area contributed by atoms with Gasteiger partial charge in [-0.15, -0.1) is 24.8 Å². The van der Waals surface area contributed by atoms with Gasteiger partial charge in [-0.05, 0) is 45.2 Å². The summed E-state index contributed by atoms with van der Waals surface area (Å²) in [5.41, 5.74) is 0. The highest BCUT2D eigenvalue weighted by Crippen LogP contribution is 2.14. The zero-order valence-electron chi connectivity index (χ0n) is 12.4. The van der Waals surface area contributed by atoms with Crippen LogP contribution in [0.15, 0.2) is 0 Å². The first-order chi connectivity index (χ1) is 8.79. The Morgan fingerprint density at radius 1 is 1.25 bits per heavy atom. The summed E-state index contributed by atoms with van der Waals surface area (Å²) < 4.78 is 0. The summed E-state index contributed by atoms with van der Waals surface area (Å²) in [4.78, 5) is 14.6. The third-order valence-electron chi connectivity index (χ3n) is 4.14. The van der Waals surface area contributed by atoms with Gasteiger partial charge in [0.2, 0.25) is 5.91 Å². The van der Waals surface area contributed by atoms with Crippen LogP contribution in [0, 0.1) is 5.92 Å². The van der Waals surface area contributed by atoms with Crippen LogP contribution in [-0.4, -0.2) is 49.6 Å². The van der Waals surface area contributed by atoms with Crippen molar-refractivity contribution >= 4 is 30.7 Å². The van der Waals surface area contributed by atoms with Gasteiger partial charge in [-0.25, -0.2) is 0 Å². The van der Waals surface area contributed by atoms with Crippen LogP contribution in [-0.2, 0) is 4.79 Å². The number of carbonyl (C=O) groups excluding carboxylic acids is 1. The SMILES string of the molecule is CCCN1CCC(NC(=O)C2CCCNC2)CC1.Cl.Cl. The van der Waals surface area contributed by atoms with Crippen LogP contribution in [0.5, 0.6) is 0 Å². The molecule has 4 nitrogen and oxygen atoms in total. The summed E-state index contributed by atoms with van der Waals surface area (Å²) in [6.45, 7) is 7.64. The highest BCUT2D eigenvalue weighted by Gasteiger charge is 2.25. The lowest BCUT2D eigenvalue weighted by atomic mass is 9.97. The van der Waals surface area contributed by atoms with Crippen molar-refractivity contribution in [3.63, 3.8) is 0 Å². The first-order valence-electron chi connectivity index (χ1n) is 7.53. The minimum absolute atomic E-state index is 0. The van der Waals surface area contributed by atoms with E-state index < -0.39 is 0 Å². The average molecular weight is 326 g/mol. The van der Waals surface area contributed by atoms with Gasteiger partial charge in [0.15, 0.2) is 0 Å². The zero-order chi connectivity index (χ0) is 12.8. The first kappa shape index (κ1) is 20.0. The fraction of sp³-hybridized carbons (Fsp3) is 0.929. The van der Waals surface area contributed by atoms with Gasteiger partial charge in [0.05, 0.1) is 5.92 Å². The topological polar surface area (TPSA) is 44.4 Å². The van der Waals surface area contributed by atoms with Crippen LogP contribution in [0.25, 0.3) is 0 Å². The molecule has 2 rings (SSSR count). The summed E-state index contributed by atoms with van der Waals surface area (Å²) in [7, 11) is 0. The lowest BCUT2D eigenvalue weighted by molar-refractivity contribution is -0.126. The molecule has 0 aromatic heterocycles. The molecule has 2 N–H and O–H groups in total. The number of hydrogen-bond donors (Lipinski definition) is 2. The maximum absolute atomic E-state index is 12.1. The summed E-state index contributed by atoms with van der Waals surface area (Å²) in [6.07, 6.45) is 5.64. The standard InChI is InChI=1S/C14H27N3O.2ClH/c1-2-8-17-9-5-13(6-10-17)16-14(18)12-4-3-7-15-11-12;;/h12-13,15H,2-11H2,1H3,(H,16,18);2*1H. The minimum atomic E-state index is 0. The van der Waals surface area contributed by atoms with E-state index in [1.807, 2.05) is 0 Å². The fourth-order valence-corrected chi connectivity index (χ4v) is 3.01. The first-order valence-corrected chi connectivity index (χ1v) is 7.53. The largest absolute Gasteiger partial charge is 0.353 e. The van der Waals surface area contributed by atoms with Gasteiger partial charge in [0.1, 0.15) is 0 Å². The van der Waals surface area contributed by atoms with Crippen molar-refractivity contribution in [1.29, 1.82) is 0 Å². The molecule has 1 amide bonds. The zero-order valence-corrected chi connectivity index (χ0v) is 14.0. The number of carbonyl (C=O) groups is 1. The Hall–Kier alpha value is -0.0300. The van der Waals surface area contributed by atoms with E-state index in [1.165, 1.54) is 13.0 Å². The number of nitrogens with zero attached hydrogens (tertiary/aromatic N) is 1. The van der Waals surface area contributed by atoms with Gasteiger partial charge >= 0.3 is 0 Å². The summed E-state index contributed by atoms with van der Waals surface area (Å²) >= 11 is 0. The van der Waals surface area contributed by atoms with Crippen LogP contribution >= 0.6 is 24.8 Å². The van der Waals surface area contributed by atoms with Crippen molar-refractivity contribution in [2.45, 2.75) is 45.1 Å². The van der Waals surface area contributed by atoms with Crippen LogP contribution in [0.4, 0.5) is 0 Å². The third-order valence-corrected chi connectivity index (χ3v) is 4.14. The molecule has 0 aromatic carbocycles. The molecule has 2 saturated heterocycles. The van der Waals surface area contributed by atoms with Crippen molar-refractivity contribution < 1.29 is 4.79 Å². The molecule has 120 valence electrons. The quantitative estimate of drug-likeness (QED) is 0.828. The van der Waals surface area contributed by atoms with Gasteiger partial charge in [-0.3, -0.25) is 4.79 Å². The Morgan fingerprint density at radius 3 is 2.50 bits per heavy atom. The molecule has 1 unspecified atom stereocenters. The molecule has 20 heavy (non-hydrogen) atoms. The van der Waals surface area contributed by atoms with Gasteiger partial charge < -0.3 is 15.5 Å². The molecule has 2 fully saturated rings. The van der Waals surface area contributed by atoms with E-state index in [4.69, 9.17) is 0 Å². The Balaban J connectivity index is 0.00000180. The van der Waals surface area contributed by atoms with E-state index in [0.29, 0.717) is 6.04 Å². The molecule has 0 aliphatic carbocycles. The van der Waals surface area contributed by atoms with Crippen LogP contribution in [0.2, 0.25) is 0 Å². The normalized spacial score (nSPS) is 24.4. The van der Waals surface area contributed by atoms with Crippen molar-refractivity contribution in [2.75, 3.05) is 32.7 Å². The fourth-order valence-electron chi connectivity index (χ4n) is 3.01. The monoisotopic (exact) mass is 325 g/mol. The average Bonchev–Trinajstić information content (AvgIpc) is 2.42. The number of nitrogens with one attached hydrogen (secondary N) is 2. The maximum atomic E-state index is 12.1. The molecule has 0 saturated carbocycles. The van der Waals surface area contributed by atoms with E-state index >= 15 is 0 Å². The van der Waals surface area contributed by atoms with E-state index in [2.05, 4.69) is 22.5 Å². The predicted octanol–water partition coefficient (Wildman–Crippen LogP) is 1.82. The number of piperidine rings is 2. The van der Waals surface area contributed by atoms with Crippen LogP contribution < -0.4 is 10.6 Å². The molecule has 1 atom stereocenters. The predicted molar refractivity (Wildman–Crippen MR) is 88.0 cm³/mol. The molecular weight excluding hydrogens is 297 g/mol. The Morgan fingerprint density at radius 2 is 1.95 bits per heavy atom. The lowest BCUT2D eigenvalue weighted by Crippen LogP contribution is -2.48. The molecule has 0 aromatic rings.